The van der Waals surface area contributed by atoms with Crippen molar-refractivity contribution in [2.45, 2.75) is 75.1 Å². The summed E-state index contributed by atoms with van der Waals surface area (Å²) in [6.45, 7) is 15.6. The molecule has 0 aliphatic heterocycles. The van der Waals surface area contributed by atoms with Crippen LogP contribution in [0.5, 0.6) is 0 Å². The van der Waals surface area contributed by atoms with Gasteiger partial charge in [-0.05, 0) is 163 Å². The Labute approximate surface area is 770 Å². The van der Waals surface area contributed by atoms with Crippen LogP contribution in [0.3, 0.4) is 0 Å². The van der Waals surface area contributed by atoms with Crippen LogP contribution in [0.1, 0.15) is 75.5 Å². The van der Waals surface area contributed by atoms with Crippen LogP contribution in [-0.2, 0) is 35.2 Å². The molecule has 0 saturated heterocycles. The molecule has 15 heterocycles. The zero-order valence-corrected chi connectivity index (χ0v) is 76.2. The van der Waals surface area contributed by atoms with Gasteiger partial charge in [-0.15, -0.1) is 0 Å². The van der Waals surface area contributed by atoms with Crippen molar-refractivity contribution in [3.05, 3.63) is 354 Å². The highest BCUT2D eigenvalue weighted by atomic mass is 16.5. The number of fused-ring (bicyclic) bond motifs is 25. The van der Waals surface area contributed by atoms with Crippen molar-refractivity contribution >= 4 is 165 Å². The largest absolute Gasteiger partial charge is 0.437 e. The normalized spacial score (nSPS) is 12.8. The van der Waals surface area contributed by atoms with E-state index in [1.807, 2.05) is 161 Å². The molecule has 0 fully saturated rings. The minimum Gasteiger partial charge on any atom is -0.437 e. The molecule has 16 heteroatoms. The lowest BCUT2D eigenvalue weighted by Crippen LogP contribution is -2.32. The monoisotopic (exact) mass is 1750 g/mol. The van der Waals surface area contributed by atoms with E-state index in [0.717, 1.165) is 193 Å². The van der Waals surface area contributed by atoms with Gasteiger partial charge in [0.25, 0.3) is 23.1 Å². The summed E-state index contributed by atoms with van der Waals surface area (Å²) in [6, 6.07) is 92.5. The van der Waals surface area contributed by atoms with Crippen LogP contribution in [-0.4, -0.2) is 9.97 Å². The summed E-state index contributed by atoms with van der Waals surface area (Å²) in [5.41, 5.74) is 29.3. The highest BCUT2D eigenvalue weighted by Gasteiger charge is 2.32. The first-order chi connectivity index (χ1) is 66.2. The van der Waals surface area contributed by atoms with Gasteiger partial charge >= 0.3 is 5.82 Å². The van der Waals surface area contributed by atoms with E-state index in [-0.39, 0.29) is 0 Å². The van der Waals surface area contributed by atoms with Gasteiger partial charge in [0.05, 0.1) is 57.0 Å². The van der Waals surface area contributed by atoms with Crippen LogP contribution in [0.15, 0.2) is 344 Å². The van der Waals surface area contributed by atoms with E-state index in [1.165, 1.54) is 56.6 Å². The molecule has 26 aromatic rings. The molecule has 1 atom stereocenters. The summed E-state index contributed by atoms with van der Waals surface area (Å²) >= 11 is 0. The zero-order valence-electron chi connectivity index (χ0n) is 80.2. The van der Waals surface area contributed by atoms with Gasteiger partial charge in [-0.1, -0.05) is 190 Å². The van der Waals surface area contributed by atoms with Crippen LogP contribution in [0, 0.1) is 55.4 Å². The molecule has 0 aliphatic carbocycles. The fourth-order valence-corrected chi connectivity index (χ4v) is 19.3. The van der Waals surface area contributed by atoms with Crippen molar-refractivity contribution < 1.29 is 68.1 Å². The predicted molar refractivity (Wildman–Crippen MR) is 531 cm³/mol. The number of hydrogen-bond donors (Lipinski definition) is 0. The van der Waals surface area contributed by atoms with E-state index in [0.29, 0.717) is 40.0 Å². The van der Waals surface area contributed by atoms with Gasteiger partial charge in [-0.25, -0.2) is 27.8 Å². The summed E-state index contributed by atoms with van der Waals surface area (Å²) in [5.74, 6) is 1.41. The third kappa shape index (κ3) is 14.0. The van der Waals surface area contributed by atoms with Gasteiger partial charge in [-0.2, -0.15) is 0 Å². The molecular weight excluding hydrogens is 1650 g/mol. The second-order valence-corrected chi connectivity index (χ2v) is 34.9. The smallest absolute Gasteiger partial charge is 0.334 e. The first-order valence-corrected chi connectivity index (χ1v) is 44.6. The highest BCUT2D eigenvalue weighted by Crippen LogP contribution is 2.49. The molecular formula is C117H96N7O9+5. The van der Waals surface area contributed by atoms with E-state index >= 15 is 0 Å². The van der Waals surface area contributed by atoms with Crippen LogP contribution >= 0.6 is 0 Å². The summed E-state index contributed by atoms with van der Waals surface area (Å²) in [6.07, 6.45) is 10.1. The van der Waals surface area contributed by atoms with E-state index in [1.54, 1.807) is 18.3 Å². The first kappa shape index (κ1) is 77.8. The van der Waals surface area contributed by atoms with Crippen molar-refractivity contribution in [3.8, 4) is 67.5 Å². The van der Waals surface area contributed by atoms with Crippen LogP contribution < -0.4 is 22.8 Å². The van der Waals surface area contributed by atoms with Crippen LogP contribution in [0.25, 0.3) is 233 Å². The fraction of sp³-hybridized carbons (Fsp3) is 0.137. The van der Waals surface area contributed by atoms with E-state index in [2.05, 4.69) is 243 Å². The topological polar surface area (TPSA) is 163 Å². The maximum absolute atomic E-state index is 8.51. The van der Waals surface area contributed by atoms with E-state index in [9.17, 15) is 0 Å². The number of aromatic nitrogens is 7. The maximum Gasteiger partial charge on any atom is 0.334 e. The minimum absolute atomic E-state index is 0.428. The lowest BCUT2D eigenvalue weighted by Gasteiger charge is -2.09. The van der Waals surface area contributed by atoms with Gasteiger partial charge in [0.1, 0.15) is 56.1 Å². The Morgan fingerprint density at radius 1 is 0.278 bits per heavy atom. The summed E-state index contributed by atoms with van der Waals surface area (Å²) in [7, 11) is 10.1. The van der Waals surface area contributed by atoms with Crippen molar-refractivity contribution in [1.29, 1.82) is 0 Å². The average molecular weight is 1750 g/mol. The maximum atomic E-state index is 8.51. The molecule has 1 unspecified atom stereocenters. The lowest BCUT2D eigenvalue weighted by molar-refractivity contribution is -0.663. The Balaban J connectivity index is 0.0000000993. The first-order valence-electron chi connectivity index (χ1n) is 46.6. The molecule has 133 heavy (non-hydrogen) atoms. The minimum atomic E-state index is -2.45. The van der Waals surface area contributed by atoms with Crippen LogP contribution in [0.2, 0.25) is 0 Å². The Kier molecular flexibility index (Phi) is 19.1. The van der Waals surface area contributed by atoms with Gasteiger partial charge < -0.3 is 39.8 Å². The third-order valence-corrected chi connectivity index (χ3v) is 26.1. The standard InChI is InChI=1S/C27H20NO2.C24H22NO2.C23H20N3O.C22H18NO2.C21H16NO2/c1-17-12-13-21-25-20-10-6-7-11-23(20)29-27(25)30-26(21)24(17)22-16-19(14-15-28(22)2)18-8-4-3-5-9-18;1-14(2)16-11-12-25(4)19(13-16)21-15(3)9-10-18-22-17-7-5-6-8-20(17)26-24(22)27-23(18)21;1-13-9-10-18-20-17-8-6-5-7-16(17)15(3)19(21(20)27-23(18)25-13)22-24-14(2)11-12-26(22)4;1-13-10-11-23(3)17(12-13)19-14(2)8-9-16-20-15-6-4-5-7-18(15)24-22(20)25-21(16)19;1-13-10-11-15-19-14-7-3-4-9-17(14)23-21(19)24-20(15)18(13)16-8-5-6-12-22(16)2/h3-16H,1-2H3;5-14H,1-4H3;5-12H,1-4H3;4-12H,1-3H3;3-12H,1-2H3/q5*+1/i;1D3,14D;;;. The van der Waals surface area contributed by atoms with Crippen molar-refractivity contribution in [2.75, 3.05) is 0 Å². The van der Waals surface area contributed by atoms with Gasteiger partial charge in [0.15, 0.2) is 58.4 Å². The molecule has 648 valence electrons. The molecule has 0 radical (unpaired) electrons. The van der Waals surface area contributed by atoms with E-state index < -0.39 is 12.7 Å². The quantitative estimate of drug-likeness (QED) is 0.140. The Morgan fingerprint density at radius 2 is 0.669 bits per heavy atom. The molecule has 0 N–H and O–H groups in total. The molecule has 11 aromatic carbocycles. The Bertz CT molecular complexity index is 9400. The number of pyridine rings is 5. The predicted octanol–water partition coefficient (Wildman–Crippen LogP) is 28.6. The van der Waals surface area contributed by atoms with Gasteiger partial charge in [0.2, 0.25) is 28.5 Å². The molecule has 0 saturated carbocycles. The fourth-order valence-electron chi connectivity index (χ4n) is 19.3. The molecule has 0 bridgehead atoms. The second-order valence-electron chi connectivity index (χ2n) is 34.9. The third-order valence-electron chi connectivity index (χ3n) is 26.1. The molecule has 16 nitrogen and oxygen atoms in total. The summed E-state index contributed by atoms with van der Waals surface area (Å²) in [5, 5.41) is 17.1. The number of hydrogen-bond acceptors (Lipinski definition) is 11. The zero-order chi connectivity index (χ0) is 94.5. The molecule has 26 rings (SSSR count). The van der Waals surface area contributed by atoms with Crippen LogP contribution in [0.4, 0.5) is 0 Å². The Hall–Kier alpha value is -16.3. The van der Waals surface area contributed by atoms with Gasteiger partial charge in [0, 0.05) is 127 Å². The number of nitrogens with zero attached hydrogens (tertiary/aromatic N) is 7. The molecule has 0 amide bonds. The molecule has 0 spiro atoms. The summed E-state index contributed by atoms with van der Waals surface area (Å²) < 4.78 is 97.4. The Morgan fingerprint density at radius 3 is 1.15 bits per heavy atom. The van der Waals surface area contributed by atoms with E-state index in [4.69, 9.17) is 50.2 Å². The number of aryl methyl sites for hydroxylation is 13. The number of benzene rings is 11. The second kappa shape index (κ2) is 32.7. The SMILES string of the molecule is Cc1cc[n+](C)c(-c2c(C)c3ccccc3c3c2oc2nc(C)ccc23)n1.Cc1cc[n+](C)c(-c2c(C)ccc3c2oc2oc4ccccc4c23)c1.Cc1ccc2c(oc3oc4ccccc4c32)c1-c1cc(-c2ccccc2)cc[n+]1C.Cc1ccc2c(oc3oc4ccccc4c32)c1-c1cccc[n+]1C.[2H]C([2H])([2H])C([2H])(C)c1cc[n+](C)c(-c2c(C)ccc3c2oc2oc4ccccc4c23)c1. The molecule has 0 aliphatic rings. The van der Waals surface area contributed by atoms with Gasteiger partial charge in [-0.3, -0.25) is 0 Å². The van der Waals surface area contributed by atoms with Crippen molar-refractivity contribution in [1.82, 2.24) is 9.97 Å². The van der Waals surface area contributed by atoms with Crippen molar-refractivity contribution in [3.63, 3.8) is 0 Å². The highest BCUT2D eigenvalue weighted by molar-refractivity contribution is 6.25. The molecule has 15 aromatic heterocycles. The number of rotatable bonds is 7. The van der Waals surface area contributed by atoms with Crippen molar-refractivity contribution in [2.24, 2.45) is 35.2 Å². The number of para-hydroxylation sites is 4. The lowest BCUT2D eigenvalue weighted by atomic mass is 9.94. The summed E-state index contributed by atoms with van der Waals surface area (Å²) in [4.78, 5) is 9.46. The number of furan rings is 9. The average Bonchev–Trinajstić information content (AvgIpc) is 1.43.